The molecule has 1 N–H and O–H groups in total. The maximum atomic E-state index is 12.7. The van der Waals surface area contributed by atoms with Crippen LogP contribution in [0.25, 0.3) is 21.9 Å². The third-order valence-electron chi connectivity index (χ3n) is 5.40. The molecule has 0 saturated carbocycles. The van der Waals surface area contributed by atoms with E-state index in [1.54, 1.807) is 13.1 Å². The average Bonchev–Trinajstić information content (AvgIpc) is 2.73. The number of aryl methyl sites for hydroxylation is 3. The molecule has 4 aromatic rings. The van der Waals surface area contributed by atoms with Gasteiger partial charge in [0.05, 0.1) is 29.2 Å². The lowest BCUT2D eigenvalue weighted by atomic mass is 9.99. The zero-order valence-electron chi connectivity index (χ0n) is 17.2. The van der Waals surface area contributed by atoms with E-state index in [4.69, 9.17) is 0 Å². The van der Waals surface area contributed by atoms with E-state index in [0.717, 1.165) is 32.3 Å². The molecular formula is C22H21N5O3. The Bertz CT molecular complexity index is 1450. The molecule has 1 aromatic carbocycles. The van der Waals surface area contributed by atoms with Crippen molar-refractivity contribution in [3.63, 3.8) is 0 Å². The molecule has 0 aliphatic rings. The molecule has 8 heteroatoms. The van der Waals surface area contributed by atoms with Crippen LogP contribution in [0.3, 0.4) is 0 Å². The van der Waals surface area contributed by atoms with Gasteiger partial charge in [0.2, 0.25) is 5.91 Å². The number of hydrogen-bond acceptors (Lipinski definition) is 5. The first-order valence-electron chi connectivity index (χ1n) is 9.48. The molecule has 0 saturated heterocycles. The highest BCUT2D eigenvalue weighted by Crippen LogP contribution is 2.23. The van der Waals surface area contributed by atoms with Crippen molar-refractivity contribution in [2.24, 2.45) is 14.1 Å². The van der Waals surface area contributed by atoms with E-state index in [9.17, 15) is 14.4 Å². The van der Waals surface area contributed by atoms with Crippen LogP contribution in [0, 0.1) is 13.8 Å². The summed E-state index contributed by atoms with van der Waals surface area (Å²) in [6.45, 7) is 3.88. The zero-order chi connectivity index (χ0) is 21.6. The molecule has 0 radical (unpaired) electrons. The Labute approximate surface area is 171 Å². The molecule has 0 spiro atoms. The molecule has 30 heavy (non-hydrogen) atoms. The summed E-state index contributed by atoms with van der Waals surface area (Å²) in [5, 5.41) is 4.08. The number of pyridine rings is 2. The van der Waals surface area contributed by atoms with Gasteiger partial charge in [-0.2, -0.15) is 0 Å². The van der Waals surface area contributed by atoms with Crippen molar-refractivity contribution in [3.8, 4) is 0 Å². The number of carbonyl (C=O) groups excluding carboxylic acids is 1. The number of para-hydroxylation sites is 1. The summed E-state index contributed by atoms with van der Waals surface area (Å²) in [5.74, 6) is -0.235. The maximum absolute atomic E-state index is 12.7. The van der Waals surface area contributed by atoms with Crippen LogP contribution in [0.2, 0.25) is 0 Å². The number of anilines is 1. The smallest absolute Gasteiger partial charge is 0.324 e. The third-order valence-corrected chi connectivity index (χ3v) is 5.40. The van der Waals surface area contributed by atoms with Gasteiger partial charge in [0.15, 0.2) is 0 Å². The summed E-state index contributed by atoms with van der Waals surface area (Å²) in [4.78, 5) is 46.0. The molecule has 152 valence electrons. The minimum Gasteiger partial charge on any atom is -0.324 e. The fourth-order valence-electron chi connectivity index (χ4n) is 3.73. The van der Waals surface area contributed by atoms with E-state index < -0.39 is 11.2 Å². The highest BCUT2D eigenvalue weighted by atomic mass is 16.2. The SMILES string of the molecule is Cc1nc2ccccc2c(C)c1CC(=O)Nc1cnc2c(c1)c(=O)n(C)c(=O)n2C. The fraction of sp³-hybridized carbons (Fsp3) is 0.227. The minimum absolute atomic E-state index is 0.152. The molecule has 0 unspecified atom stereocenters. The number of nitrogens with one attached hydrogen (secondary N) is 1. The number of aromatic nitrogens is 4. The van der Waals surface area contributed by atoms with Crippen LogP contribution >= 0.6 is 0 Å². The molecule has 0 aliphatic carbocycles. The van der Waals surface area contributed by atoms with Gasteiger partial charge in [-0.25, -0.2) is 9.78 Å². The number of benzene rings is 1. The fourth-order valence-corrected chi connectivity index (χ4v) is 3.73. The van der Waals surface area contributed by atoms with Gasteiger partial charge in [0.1, 0.15) is 5.65 Å². The minimum atomic E-state index is -0.456. The van der Waals surface area contributed by atoms with Crippen molar-refractivity contribution in [1.82, 2.24) is 19.1 Å². The number of carbonyl (C=O) groups is 1. The average molecular weight is 403 g/mol. The van der Waals surface area contributed by atoms with Crippen molar-refractivity contribution in [2.75, 3.05) is 5.32 Å². The van der Waals surface area contributed by atoms with Gasteiger partial charge < -0.3 is 5.32 Å². The van der Waals surface area contributed by atoms with Crippen molar-refractivity contribution in [2.45, 2.75) is 20.3 Å². The number of nitrogens with zero attached hydrogens (tertiary/aromatic N) is 4. The van der Waals surface area contributed by atoms with Crippen LogP contribution in [-0.2, 0) is 25.3 Å². The van der Waals surface area contributed by atoms with Crippen LogP contribution in [0.1, 0.15) is 16.8 Å². The zero-order valence-corrected chi connectivity index (χ0v) is 17.2. The van der Waals surface area contributed by atoms with Crippen molar-refractivity contribution >= 4 is 33.5 Å². The van der Waals surface area contributed by atoms with Gasteiger partial charge in [-0.05, 0) is 37.1 Å². The van der Waals surface area contributed by atoms with Crippen LogP contribution in [-0.4, -0.2) is 25.0 Å². The van der Waals surface area contributed by atoms with E-state index >= 15 is 0 Å². The summed E-state index contributed by atoms with van der Waals surface area (Å²) in [5.41, 5.74) is 3.36. The van der Waals surface area contributed by atoms with E-state index in [2.05, 4.69) is 15.3 Å². The molecule has 3 aromatic heterocycles. The van der Waals surface area contributed by atoms with Gasteiger partial charge in [-0.1, -0.05) is 18.2 Å². The molecule has 0 fully saturated rings. The largest absolute Gasteiger partial charge is 0.332 e. The molecular weight excluding hydrogens is 382 g/mol. The molecule has 0 atom stereocenters. The first-order chi connectivity index (χ1) is 14.3. The monoisotopic (exact) mass is 403 g/mol. The predicted molar refractivity (Wildman–Crippen MR) is 116 cm³/mol. The number of hydrogen-bond donors (Lipinski definition) is 1. The first kappa shape index (κ1) is 19.5. The Morgan fingerprint density at radius 3 is 2.57 bits per heavy atom. The highest BCUT2D eigenvalue weighted by molar-refractivity contribution is 5.95. The normalized spacial score (nSPS) is 11.2. The van der Waals surface area contributed by atoms with Gasteiger partial charge >= 0.3 is 5.69 Å². The molecule has 4 rings (SSSR count). The Morgan fingerprint density at radius 1 is 1.07 bits per heavy atom. The molecule has 0 aliphatic heterocycles. The van der Waals surface area contributed by atoms with Crippen LogP contribution in [0.4, 0.5) is 5.69 Å². The molecule has 3 heterocycles. The van der Waals surface area contributed by atoms with E-state index in [-0.39, 0.29) is 23.4 Å². The second-order valence-corrected chi connectivity index (χ2v) is 7.34. The Hall–Kier alpha value is -3.81. The van der Waals surface area contributed by atoms with E-state index in [1.807, 2.05) is 38.1 Å². The number of amides is 1. The van der Waals surface area contributed by atoms with E-state index in [0.29, 0.717) is 5.69 Å². The third kappa shape index (κ3) is 3.16. The summed E-state index contributed by atoms with van der Waals surface area (Å²) in [7, 11) is 2.96. The molecule has 1 amide bonds. The predicted octanol–water partition coefficient (Wildman–Crippen LogP) is 1.98. The van der Waals surface area contributed by atoms with Gasteiger partial charge in [0.25, 0.3) is 5.56 Å². The Kier molecular flexibility index (Phi) is 4.69. The van der Waals surface area contributed by atoms with Crippen molar-refractivity contribution < 1.29 is 4.79 Å². The Morgan fingerprint density at radius 2 is 1.80 bits per heavy atom. The summed E-state index contributed by atoms with van der Waals surface area (Å²) in [6.07, 6.45) is 1.59. The summed E-state index contributed by atoms with van der Waals surface area (Å²) >= 11 is 0. The Balaban J connectivity index is 1.67. The molecule has 0 bridgehead atoms. The summed E-state index contributed by atoms with van der Waals surface area (Å²) < 4.78 is 2.32. The second-order valence-electron chi connectivity index (χ2n) is 7.34. The lowest BCUT2D eigenvalue weighted by Gasteiger charge is -2.13. The summed E-state index contributed by atoms with van der Waals surface area (Å²) in [6, 6.07) is 9.37. The topological polar surface area (TPSA) is 98.9 Å². The quantitative estimate of drug-likeness (QED) is 0.564. The van der Waals surface area contributed by atoms with E-state index in [1.165, 1.54) is 17.8 Å². The van der Waals surface area contributed by atoms with Gasteiger partial charge in [-0.3, -0.25) is 23.7 Å². The lowest BCUT2D eigenvalue weighted by Crippen LogP contribution is -2.37. The second kappa shape index (κ2) is 7.22. The van der Waals surface area contributed by atoms with Crippen LogP contribution in [0.15, 0.2) is 46.1 Å². The molecule has 8 nitrogen and oxygen atoms in total. The van der Waals surface area contributed by atoms with Crippen molar-refractivity contribution in [1.29, 1.82) is 0 Å². The highest BCUT2D eigenvalue weighted by Gasteiger charge is 2.15. The standard InChI is InChI=1S/C22H21N5O3/c1-12-15-7-5-6-8-18(15)24-13(2)16(12)10-19(28)25-14-9-17-20(23-11-14)26(3)22(30)27(4)21(17)29/h5-9,11H,10H2,1-4H3,(H,25,28). The van der Waals surface area contributed by atoms with Crippen molar-refractivity contribution in [3.05, 3.63) is 74.2 Å². The van der Waals surface area contributed by atoms with Crippen LogP contribution < -0.4 is 16.6 Å². The first-order valence-corrected chi connectivity index (χ1v) is 9.48. The number of rotatable bonds is 3. The lowest BCUT2D eigenvalue weighted by molar-refractivity contribution is -0.115. The number of fused-ring (bicyclic) bond motifs is 2. The van der Waals surface area contributed by atoms with Gasteiger partial charge in [-0.15, -0.1) is 0 Å². The van der Waals surface area contributed by atoms with Crippen LogP contribution in [0.5, 0.6) is 0 Å². The van der Waals surface area contributed by atoms with Gasteiger partial charge in [0, 0.05) is 25.2 Å². The maximum Gasteiger partial charge on any atom is 0.332 e.